The van der Waals surface area contributed by atoms with Gasteiger partial charge in [0.05, 0.1) is 0 Å². The predicted molar refractivity (Wildman–Crippen MR) is 104 cm³/mol. The van der Waals surface area contributed by atoms with Gasteiger partial charge in [-0.05, 0) is 37.7 Å². The largest absolute Gasteiger partial charge is 0.335 e. The molecule has 0 bridgehead atoms. The second-order valence-electron chi connectivity index (χ2n) is 8.09. The molecule has 2 heterocycles. The van der Waals surface area contributed by atoms with Crippen molar-refractivity contribution in [2.75, 3.05) is 39.3 Å². The van der Waals surface area contributed by atoms with Gasteiger partial charge >= 0.3 is 6.03 Å². The van der Waals surface area contributed by atoms with Gasteiger partial charge in [-0.2, -0.15) is 0 Å². The first-order valence-corrected chi connectivity index (χ1v) is 10.3. The summed E-state index contributed by atoms with van der Waals surface area (Å²) in [5, 5.41) is 3.30. The molecule has 0 unspecified atom stereocenters. The zero-order valence-electron chi connectivity index (χ0n) is 15.8. The number of hydrogen-bond acceptors (Lipinski definition) is 3. The zero-order valence-corrected chi connectivity index (χ0v) is 15.8. The molecule has 1 aromatic carbocycles. The summed E-state index contributed by atoms with van der Waals surface area (Å²) >= 11 is 0. The topological polar surface area (TPSA) is 38.8 Å². The standard InChI is InChI=1S/C21H32N4O/c26-21(22-19-9-13-24(14-10-19)20-7-8-20)25-12-4-11-23(15-16-25)17-18-5-2-1-3-6-18/h1-3,5-6,19-20H,4,7-17H2,(H,22,26). The highest BCUT2D eigenvalue weighted by molar-refractivity contribution is 5.74. The smallest absolute Gasteiger partial charge is 0.317 e. The van der Waals surface area contributed by atoms with Gasteiger partial charge < -0.3 is 15.1 Å². The van der Waals surface area contributed by atoms with Crippen molar-refractivity contribution in [2.24, 2.45) is 0 Å². The van der Waals surface area contributed by atoms with Gasteiger partial charge in [0.2, 0.25) is 0 Å². The van der Waals surface area contributed by atoms with Crippen molar-refractivity contribution >= 4 is 6.03 Å². The molecule has 1 N–H and O–H groups in total. The summed E-state index contributed by atoms with van der Waals surface area (Å²) in [6.07, 6.45) is 6.03. The maximum absolute atomic E-state index is 12.7. The Labute approximate surface area is 157 Å². The molecule has 0 atom stereocenters. The number of nitrogens with one attached hydrogen (secondary N) is 1. The highest BCUT2D eigenvalue weighted by Gasteiger charge is 2.32. The Bertz CT molecular complexity index is 581. The maximum atomic E-state index is 12.7. The van der Waals surface area contributed by atoms with Crippen molar-refractivity contribution in [3.63, 3.8) is 0 Å². The van der Waals surface area contributed by atoms with Gasteiger partial charge in [-0.3, -0.25) is 4.90 Å². The van der Waals surface area contributed by atoms with Gasteiger partial charge in [-0.1, -0.05) is 30.3 Å². The Hall–Kier alpha value is -1.59. The van der Waals surface area contributed by atoms with Crippen molar-refractivity contribution in [3.8, 4) is 0 Å². The fraction of sp³-hybridized carbons (Fsp3) is 0.667. The van der Waals surface area contributed by atoms with Crippen LogP contribution in [0.1, 0.15) is 37.7 Å². The van der Waals surface area contributed by atoms with Crippen molar-refractivity contribution in [1.82, 2.24) is 20.0 Å². The molecule has 3 fully saturated rings. The van der Waals surface area contributed by atoms with E-state index in [0.29, 0.717) is 6.04 Å². The summed E-state index contributed by atoms with van der Waals surface area (Å²) in [6.45, 7) is 7.02. The SMILES string of the molecule is O=C(NC1CCN(C2CC2)CC1)N1CCCN(Cc2ccccc2)CC1. The average molecular weight is 357 g/mol. The van der Waals surface area contributed by atoms with Crippen LogP contribution in [0.4, 0.5) is 4.79 Å². The number of hydrogen-bond donors (Lipinski definition) is 1. The monoisotopic (exact) mass is 356 g/mol. The minimum absolute atomic E-state index is 0.149. The van der Waals surface area contributed by atoms with Crippen LogP contribution in [0.5, 0.6) is 0 Å². The van der Waals surface area contributed by atoms with Crippen LogP contribution in [0.25, 0.3) is 0 Å². The Balaban J connectivity index is 1.21. The molecule has 1 aromatic rings. The normalized spacial score (nSPS) is 23.6. The molecular weight excluding hydrogens is 324 g/mol. The first kappa shape index (κ1) is 17.8. The van der Waals surface area contributed by atoms with Crippen molar-refractivity contribution < 1.29 is 4.79 Å². The third kappa shape index (κ3) is 4.77. The molecule has 2 amide bonds. The van der Waals surface area contributed by atoms with E-state index in [1.807, 2.05) is 4.90 Å². The second kappa shape index (κ2) is 8.40. The van der Waals surface area contributed by atoms with Crippen LogP contribution in [-0.4, -0.2) is 72.1 Å². The van der Waals surface area contributed by atoms with Gasteiger partial charge in [0.1, 0.15) is 0 Å². The van der Waals surface area contributed by atoms with Crippen molar-refractivity contribution in [2.45, 2.75) is 50.7 Å². The highest BCUT2D eigenvalue weighted by Crippen LogP contribution is 2.29. The molecule has 5 heteroatoms. The maximum Gasteiger partial charge on any atom is 0.317 e. The van der Waals surface area contributed by atoms with Gasteiger partial charge in [0.25, 0.3) is 0 Å². The molecule has 26 heavy (non-hydrogen) atoms. The number of rotatable bonds is 4. The van der Waals surface area contributed by atoms with Gasteiger partial charge in [0, 0.05) is 57.9 Å². The third-order valence-corrected chi connectivity index (χ3v) is 6.05. The van der Waals surface area contributed by atoms with Crippen molar-refractivity contribution in [3.05, 3.63) is 35.9 Å². The van der Waals surface area contributed by atoms with E-state index < -0.39 is 0 Å². The van der Waals surface area contributed by atoms with Gasteiger partial charge in [-0.15, -0.1) is 0 Å². The molecule has 0 spiro atoms. The van der Waals surface area contributed by atoms with E-state index in [0.717, 1.165) is 71.1 Å². The molecular formula is C21H32N4O. The van der Waals surface area contributed by atoms with E-state index in [4.69, 9.17) is 0 Å². The summed E-state index contributed by atoms with van der Waals surface area (Å²) < 4.78 is 0. The summed E-state index contributed by atoms with van der Waals surface area (Å²) in [7, 11) is 0. The van der Waals surface area contributed by atoms with E-state index in [1.165, 1.54) is 18.4 Å². The number of carbonyl (C=O) groups is 1. The Morgan fingerprint density at radius 2 is 1.69 bits per heavy atom. The number of piperidine rings is 1. The molecule has 2 saturated heterocycles. The molecule has 5 nitrogen and oxygen atoms in total. The Kier molecular flexibility index (Phi) is 5.75. The van der Waals surface area contributed by atoms with E-state index in [9.17, 15) is 4.79 Å². The average Bonchev–Trinajstić information content (AvgIpc) is 3.51. The zero-order chi connectivity index (χ0) is 17.8. The lowest BCUT2D eigenvalue weighted by atomic mass is 10.1. The third-order valence-electron chi connectivity index (χ3n) is 6.05. The quantitative estimate of drug-likeness (QED) is 0.901. The molecule has 0 aromatic heterocycles. The summed E-state index contributed by atoms with van der Waals surface area (Å²) in [6, 6.07) is 12.0. The van der Waals surface area contributed by atoms with Crippen LogP contribution in [0.3, 0.4) is 0 Å². The van der Waals surface area contributed by atoms with Crippen molar-refractivity contribution in [1.29, 1.82) is 0 Å². The summed E-state index contributed by atoms with van der Waals surface area (Å²) in [5.41, 5.74) is 1.35. The van der Waals surface area contributed by atoms with Crippen LogP contribution in [0.2, 0.25) is 0 Å². The lowest BCUT2D eigenvalue weighted by molar-refractivity contribution is 0.168. The number of amides is 2. The molecule has 3 aliphatic rings. The lowest BCUT2D eigenvalue weighted by Crippen LogP contribution is -2.50. The molecule has 142 valence electrons. The molecule has 2 aliphatic heterocycles. The van der Waals surface area contributed by atoms with Crippen LogP contribution >= 0.6 is 0 Å². The fourth-order valence-electron chi connectivity index (χ4n) is 4.29. The first-order chi connectivity index (χ1) is 12.8. The number of urea groups is 1. The number of carbonyl (C=O) groups excluding carboxylic acids is 1. The second-order valence-corrected chi connectivity index (χ2v) is 8.09. The van der Waals surface area contributed by atoms with E-state index in [2.05, 4.69) is 45.4 Å². The molecule has 1 aliphatic carbocycles. The lowest BCUT2D eigenvalue weighted by Gasteiger charge is -2.33. The predicted octanol–water partition coefficient (Wildman–Crippen LogP) is 2.53. The van der Waals surface area contributed by atoms with Crippen LogP contribution < -0.4 is 5.32 Å². The molecule has 0 radical (unpaired) electrons. The Morgan fingerprint density at radius 3 is 2.42 bits per heavy atom. The first-order valence-electron chi connectivity index (χ1n) is 10.3. The number of likely N-dealkylation sites (tertiary alicyclic amines) is 1. The van der Waals surface area contributed by atoms with Gasteiger partial charge in [0.15, 0.2) is 0 Å². The highest BCUT2D eigenvalue weighted by atomic mass is 16.2. The van der Waals surface area contributed by atoms with Crippen LogP contribution in [0, 0.1) is 0 Å². The van der Waals surface area contributed by atoms with E-state index >= 15 is 0 Å². The number of benzene rings is 1. The molecule has 1 saturated carbocycles. The minimum Gasteiger partial charge on any atom is -0.335 e. The minimum atomic E-state index is 0.149. The van der Waals surface area contributed by atoms with Gasteiger partial charge in [-0.25, -0.2) is 4.79 Å². The fourth-order valence-corrected chi connectivity index (χ4v) is 4.29. The summed E-state index contributed by atoms with van der Waals surface area (Å²) in [5.74, 6) is 0. The van der Waals surface area contributed by atoms with E-state index in [1.54, 1.807) is 0 Å². The Morgan fingerprint density at radius 1 is 0.923 bits per heavy atom. The molecule has 4 rings (SSSR count). The van der Waals surface area contributed by atoms with Crippen LogP contribution in [0.15, 0.2) is 30.3 Å². The number of nitrogens with zero attached hydrogens (tertiary/aromatic N) is 3. The van der Waals surface area contributed by atoms with Crippen LogP contribution in [-0.2, 0) is 6.54 Å². The summed E-state index contributed by atoms with van der Waals surface area (Å²) in [4.78, 5) is 19.8. The van der Waals surface area contributed by atoms with E-state index in [-0.39, 0.29) is 6.03 Å².